The van der Waals surface area contributed by atoms with E-state index in [-0.39, 0.29) is 0 Å². The average Bonchev–Trinajstić information content (AvgIpc) is 2.90. The topological polar surface area (TPSA) is 15.3 Å². The SMILES string of the molecule is CC(C)C(CNCc1c(Cl)cccc1Cl)N1CCCC1. The fourth-order valence-electron chi connectivity index (χ4n) is 2.91. The van der Waals surface area contributed by atoms with Gasteiger partial charge in [-0.3, -0.25) is 4.90 Å². The molecule has 1 N–H and O–H groups in total. The Balaban J connectivity index is 1.90. The number of hydrogen-bond donors (Lipinski definition) is 1. The largest absolute Gasteiger partial charge is 0.311 e. The fourth-order valence-corrected chi connectivity index (χ4v) is 3.44. The van der Waals surface area contributed by atoms with Crippen molar-refractivity contribution >= 4 is 23.2 Å². The zero-order chi connectivity index (χ0) is 14.5. The van der Waals surface area contributed by atoms with Crippen molar-refractivity contribution in [3.63, 3.8) is 0 Å². The first-order chi connectivity index (χ1) is 9.59. The molecule has 1 fully saturated rings. The fraction of sp³-hybridized carbons (Fsp3) is 0.625. The number of nitrogens with one attached hydrogen (secondary N) is 1. The maximum atomic E-state index is 6.20. The summed E-state index contributed by atoms with van der Waals surface area (Å²) in [5.41, 5.74) is 1.000. The summed E-state index contributed by atoms with van der Waals surface area (Å²) in [6, 6.07) is 6.27. The highest BCUT2D eigenvalue weighted by Gasteiger charge is 2.24. The van der Waals surface area contributed by atoms with Crippen molar-refractivity contribution < 1.29 is 0 Å². The van der Waals surface area contributed by atoms with E-state index < -0.39 is 0 Å². The van der Waals surface area contributed by atoms with Crippen LogP contribution in [0.4, 0.5) is 0 Å². The van der Waals surface area contributed by atoms with E-state index in [1.165, 1.54) is 25.9 Å². The molecule has 20 heavy (non-hydrogen) atoms. The second-order valence-corrected chi connectivity index (χ2v) is 6.70. The van der Waals surface area contributed by atoms with E-state index >= 15 is 0 Å². The quantitative estimate of drug-likeness (QED) is 0.846. The number of halogens is 2. The Kier molecular flexibility index (Phi) is 6.16. The molecule has 0 aliphatic carbocycles. The summed E-state index contributed by atoms with van der Waals surface area (Å²) < 4.78 is 0. The van der Waals surface area contributed by atoms with Crippen molar-refractivity contribution in [3.05, 3.63) is 33.8 Å². The van der Waals surface area contributed by atoms with E-state index in [2.05, 4.69) is 24.1 Å². The van der Waals surface area contributed by atoms with Crippen LogP contribution in [-0.2, 0) is 6.54 Å². The van der Waals surface area contributed by atoms with E-state index in [0.717, 1.165) is 28.7 Å². The van der Waals surface area contributed by atoms with Gasteiger partial charge >= 0.3 is 0 Å². The molecule has 1 aliphatic heterocycles. The molecule has 1 saturated heterocycles. The van der Waals surface area contributed by atoms with Crippen LogP contribution in [0, 0.1) is 5.92 Å². The van der Waals surface area contributed by atoms with E-state index in [0.29, 0.717) is 12.0 Å². The summed E-state index contributed by atoms with van der Waals surface area (Å²) in [7, 11) is 0. The average molecular weight is 315 g/mol. The number of nitrogens with zero attached hydrogens (tertiary/aromatic N) is 1. The number of likely N-dealkylation sites (tertiary alicyclic amines) is 1. The molecule has 2 rings (SSSR count). The minimum Gasteiger partial charge on any atom is -0.311 e. The lowest BCUT2D eigenvalue weighted by atomic mass is 10.0. The zero-order valence-corrected chi connectivity index (χ0v) is 13.8. The van der Waals surface area contributed by atoms with Crippen molar-refractivity contribution in [2.24, 2.45) is 5.92 Å². The lowest BCUT2D eigenvalue weighted by Gasteiger charge is -2.31. The second-order valence-electron chi connectivity index (χ2n) is 5.89. The molecule has 1 aromatic rings. The molecular formula is C16H24Cl2N2. The van der Waals surface area contributed by atoms with Crippen LogP contribution in [0.5, 0.6) is 0 Å². The molecular weight excluding hydrogens is 291 g/mol. The molecule has 112 valence electrons. The Morgan fingerprint density at radius 3 is 2.30 bits per heavy atom. The normalized spacial score (nSPS) is 17.9. The van der Waals surface area contributed by atoms with Gasteiger partial charge in [-0.25, -0.2) is 0 Å². The molecule has 0 saturated carbocycles. The minimum absolute atomic E-state index is 0.596. The van der Waals surface area contributed by atoms with E-state index in [9.17, 15) is 0 Å². The lowest BCUT2D eigenvalue weighted by Crippen LogP contribution is -2.44. The molecule has 0 aromatic heterocycles. The van der Waals surface area contributed by atoms with Crippen LogP contribution in [0.25, 0.3) is 0 Å². The minimum atomic E-state index is 0.596. The monoisotopic (exact) mass is 314 g/mol. The van der Waals surface area contributed by atoms with Crippen molar-refractivity contribution in [1.29, 1.82) is 0 Å². The summed E-state index contributed by atoms with van der Waals surface area (Å²) in [6.07, 6.45) is 2.67. The van der Waals surface area contributed by atoms with Gasteiger partial charge in [-0.05, 0) is 44.0 Å². The molecule has 0 spiro atoms. The van der Waals surface area contributed by atoms with Crippen LogP contribution in [0.15, 0.2) is 18.2 Å². The first-order valence-electron chi connectivity index (χ1n) is 7.47. The van der Waals surface area contributed by atoms with E-state index in [4.69, 9.17) is 23.2 Å². The molecule has 2 nitrogen and oxygen atoms in total. The van der Waals surface area contributed by atoms with Crippen molar-refractivity contribution in [2.45, 2.75) is 39.3 Å². The van der Waals surface area contributed by atoms with Crippen molar-refractivity contribution in [1.82, 2.24) is 10.2 Å². The summed E-state index contributed by atoms with van der Waals surface area (Å²) >= 11 is 12.4. The molecule has 0 amide bonds. The van der Waals surface area contributed by atoms with Gasteiger partial charge in [0.2, 0.25) is 0 Å². The maximum absolute atomic E-state index is 6.20. The molecule has 1 aromatic carbocycles. The highest BCUT2D eigenvalue weighted by molar-refractivity contribution is 6.35. The van der Waals surface area contributed by atoms with Crippen LogP contribution in [0.1, 0.15) is 32.3 Å². The van der Waals surface area contributed by atoms with Gasteiger partial charge in [0, 0.05) is 34.7 Å². The third-order valence-electron chi connectivity index (χ3n) is 4.10. The van der Waals surface area contributed by atoms with Gasteiger partial charge < -0.3 is 5.32 Å². The van der Waals surface area contributed by atoms with Gasteiger partial charge in [0.25, 0.3) is 0 Å². The standard InChI is InChI=1S/C16H24Cl2N2/c1-12(2)16(20-8-3-4-9-20)11-19-10-13-14(17)6-5-7-15(13)18/h5-7,12,16,19H,3-4,8-11H2,1-2H3. The molecule has 0 bridgehead atoms. The van der Waals surface area contributed by atoms with Crippen LogP contribution in [0.2, 0.25) is 10.0 Å². The van der Waals surface area contributed by atoms with Gasteiger partial charge in [0.05, 0.1) is 0 Å². The second kappa shape index (κ2) is 7.65. The smallest absolute Gasteiger partial charge is 0.0465 e. The molecule has 0 radical (unpaired) electrons. The number of rotatable bonds is 6. The predicted octanol–water partition coefficient (Wildman–Crippen LogP) is 4.20. The first kappa shape index (κ1) is 16.1. The Morgan fingerprint density at radius 2 is 1.75 bits per heavy atom. The van der Waals surface area contributed by atoms with Gasteiger partial charge in [0.1, 0.15) is 0 Å². The maximum Gasteiger partial charge on any atom is 0.0465 e. The first-order valence-corrected chi connectivity index (χ1v) is 8.23. The van der Waals surface area contributed by atoms with E-state index in [1.807, 2.05) is 18.2 Å². The Morgan fingerprint density at radius 1 is 1.15 bits per heavy atom. The Labute approximate surface area is 132 Å². The third-order valence-corrected chi connectivity index (χ3v) is 4.80. The van der Waals surface area contributed by atoms with Crippen LogP contribution < -0.4 is 5.32 Å². The van der Waals surface area contributed by atoms with Crippen molar-refractivity contribution in [2.75, 3.05) is 19.6 Å². The number of benzene rings is 1. The lowest BCUT2D eigenvalue weighted by molar-refractivity contribution is 0.186. The van der Waals surface area contributed by atoms with Gasteiger partial charge in [-0.2, -0.15) is 0 Å². The predicted molar refractivity (Wildman–Crippen MR) is 87.6 cm³/mol. The molecule has 4 heteroatoms. The molecule has 1 heterocycles. The van der Waals surface area contributed by atoms with Crippen molar-refractivity contribution in [3.8, 4) is 0 Å². The van der Waals surface area contributed by atoms with Crippen LogP contribution in [-0.4, -0.2) is 30.6 Å². The van der Waals surface area contributed by atoms with Crippen LogP contribution in [0.3, 0.4) is 0 Å². The summed E-state index contributed by atoms with van der Waals surface area (Å²) in [6.45, 7) is 8.78. The summed E-state index contributed by atoms with van der Waals surface area (Å²) in [5, 5.41) is 5.02. The van der Waals surface area contributed by atoms with Crippen LogP contribution >= 0.6 is 23.2 Å². The third kappa shape index (κ3) is 4.11. The van der Waals surface area contributed by atoms with Gasteiger partial charge in [0.15, 0.2) is 0 Å². The number of hydrogen-bond acceptors (Lipinski definition) is 2. The Hall–Kier alpha value is -0.280. The molecule has 1 unspecified atom stereocenters. The van der Waals surface area contributed by atoms with E-state index in [1.54, 1.807) is 0 Å². The highest BCUT2D eigenvalue weighted by atomic mass is 35.5. The van der Waals surface area contributed by atoms with Gasteiger partial charge in [-0.1, -0.05) is 43.1 Å². The summed E-state index contributed by atoms with van der Waals surface area (Å²) in [4.78, 5) is 2.60. The zero-order valence-electron chi connectivity index (χ0n) is 12.3. The molecule has 1 atom stereocenters. The Bertz CT molecular complexity index is 408. The highest BCUT2D eigenvalue weighted by Crippen LogP contribution is 2.24. The van der Waals surface area contributed by atoms with Gasteiger partial charge in [-0.15, -0.1) is 0 Å². The molecule has 1 aliphatic rings. The summed E-state index contributed by atoms with van der Waals surface area (Å²) in [5.74, 6) is 0.655.